The lowest BCUT2D eigenvalue weighted by Gasteiger charge is -2.10. The van der Waals surface area contributed by atoms with Crippen molar-refractivity contribution in [3.8, 4) is 0 Å². The molecule has 0 saturated heterocycles. The first-order chi connectivity index (χ1) is 9.16. The maximum absolute atomic E-state index is 13.3. The molecule has 0 spiro atoms. The lowest BCUT2D eigenvalue weighted by atomic mass is 10.2. The van der Waals surface area contributed by atoms with Crippen molar-refractivity contribution in [2.24, 2.45) is 5.92 Å². The Morgan fingerprint density at radius 2 is 2.21 bits per heavy atom. The second-order valence-electron chi connectivity index (χ2n) is 4.74. The number of halogens is 1. The Morgan fingerprint density at radius 3 is 2.89 bits per heavy atom. The van der Waals surface area contributed by atoms with E-state index in [1.807, 2.05) is 0 Å². The zero-order chi connectivity index (χ0) is 13.7. The van der Waals surface area contributed by atoms with E-state index < -0.39 is 6.10 Å². The molecule has 1 aromatic carbocycles. The van der Waals surface area contributed by atoms with Crippen LogP contribution >= 0.6 is 11.8 Å². The highest BCUT2D eigenvalue weighted by molar-refractivity contribution is 7.99. The standard InChI is InChI=1S/C14H18FNO2S/c15-11-3-1-2-4-13(11)19-8-7-14(18)16-9-12(17)10-5-6-10/h1-4,10,12,17H,5-9H2,(H,16,18). The molecule has 1 atom stereocenters. The van der Waals surface area contributed by atoms with Crippen molar-refractivity contribution in [3.05, 3.63) is 30.1 Å². The number of hydrogen-bond acceptors (Lipinski definition) is 3. The van der Waals surface area contributed by atoms with Crippen LogP contribution in [0, 0.1) is 11.7 Å². The number of benzene rings is 1. The summed E-state index contributed by atoms with van der Waals surface area (Å²) in [6.45, 7) is 0.327. The van der Waals surface area contributed by atoms with Crippen LogP contribution in [0.1, 0.15) is 19.3 Å². The Hall–Kier alpha value is -1.07. The lowest BCUT2D eigenvalue weighted by Crippen LogP contribution is -2.33. The van der Waals surface area contributed by atoms with Crippen LogP contribution in [0.3, 0.4) is 0 Å². The average molecular weight is 283 g/mol. The molecule has 1 aliphatic rings. The molecule has 1 unspecified atom stereocenters. The van der Waals surface area contributed by atoms with Gasteiger partial charge in [-0.15, -0.1) is 11.8 Å². The van der Waals surface area contributed by atoms with Gasteiger partial charge in [-0.1, -0.05) is 12.1 Å². The maximum atomic E-state index is 13.3. The number of nitrogens with one attached hydrogen (secondary N) is 1. The van der Waals surface area contributed by atoms with Crippen molar-refractivity contribution >= 4 is 17.7 Å². The molecule has 0 aromatic heterocycles. The maximum Gasteiger partial charge on any atom is 0.220 e. The van der Waals surface area contributed by atoms with Crippen molar-refractivity contribution in [2.45, 2.75) is 30.3 Å². The molecule has 1 fully saturated rings. The fraction of sp³-hybridized carbons (Fsp3) is 0.500. The van der Waals surface area contributed by atoms with Crippen LogP contribution in [0.4, 0.5) is 4.39 Å². The molecule has 1 aliphatic carbocycles. The second kappa shape index (κ2) is 6.91. The molecule has 0 bridgehead atoms. The molecule has 19 heavy (non-hydrogen) atoms. The minimum absolute atomic E-state index is 0.0939. The quantitative estimate of drug-likeness (QED) is 0.754. The number of rotatable bonds is 7. The molecule has 0 aliphatic heterocycles. The van der Waals surface area contributed by atoms with E-state index in [1.165, 1.54) is 17.8 Å². The summed E-state index contributed by atoms with van der Waals surface area (Å²) in [5.41, 5.74) is 0. The molecule has 3 nitrogen and oxygen atoms in total. The van der Waals surface area contributed by atoms with Gasteiger partial charge in [0.15, 0.2) is 0 Å². The summed E-state index contributed by atoms with van der Waals surface area (Å²) in [5, 5.41) is 12.3. The van der Waals surface area contributed by atoms with Gasteiger partial charge in [-0.3, -0.25) is 4.79 Å². The average Bonchev–Trinajstić information content (AvgIpc) is 3.22. The summed E-state index contributed by atoms with van der Waals surface area (Å²) in [4.78, 5) is 12.1. The van der Waals surface area contributed by atoms with E-state index in [4.69, 9.17) is 0 Å². The summed E-state index contributed by atoms with van der Waals surface area (Å²) in [6, 6.07) is 6.53. The highest BCUT2D eigenvalue weighted by Crippen LogP contribution is 2.32. The predicted octanol–water partition coefficient (Wildman–Crippen LogP) is 2.20. The third kappa shape index (κ3) is 4.84. The number of aliphatic hydroxyl groups excluding tert-OH is 1. The molecule has 0 heterocycles. The van der Waals surface area contributed by atoms with E-state index >= 15 is 0 Å². The van der Waals surface area contributed by atoms with E-state index in [9.17, 15) is 14.3 Å². The number of aliphatic hydroxyl groups is 1. The first-order valence-corrected chi connectivity index (χ1v) is 7.47. The Kier molecular flexibility index (Phi) is 5.22. The number of hydrogen-bond donors (Lipinski definition) is 2. The van der Waals surface area contributed by atoms with Gasteiger partial charge in [0.05, 0.1) is 6.10 Å². The van der Waals surface area contributed by atoms with Crippen LogP contribution < -0.4 is 5.32 Å². The Balaban J connectivity index is 1.62. The van der Waals surface area contributed by atoms with Gasteiger partial charge in [-0.05, 0) is 30.9 Å². The molecule has 1 amide bonds. The summed E-state index contributed by atoms with van der Waals surface area (Å²) in [7, 11) is 0. The molecule has 1 saturated carbocycles. The topological polar surface area (TPSA) is 49.3 Å². The first kappa shape index (κ1) is 14.3. The Morgan fingerprint density at radius 1 is 1.47 bits per heavy atom. The normalized spacial score (nSPS) is 16.1. The van der Waals surface area contributed by atoms with E-state index in [0.717, 1.165) is 12.8 Å². The molecule has 2 N–H and O–H groups in total. The van der Waals surface area contributed by atoms with Gasteiger partial charge in [0, 0.05) is 23.6 Å². The smallest absolute Gasteiger partial charge is 0.220 e. The largest absolute Gasteiger partial charge is 0.391 e. The van der Waals surface area contributed by atoms with E-state index in [1.54, 1.807) is 18.2 Å². The van der Waals surface area contributed by atoms with Gasteiger partial charge >= 0.3 is 0 Å². The van der Waals surface area contributed by atoms with E-state index in [0.29, 0.717) is 29.5 Å². The zero-order valence-corrected chi connectivity index (χ0v) is 11.5. The fourth-order valence-electron chi connectivity index (χ4n) is 1.77. The minimum Gasteiger partial charge on any atom is -0.391 e. The van der Waals surface area contributed by atoms with Crippen LogP contribution in [0.5, 0.6) is 0 Å². The number of carbonyl (C=O) groups excluding carboxylic acids is 1. The molecular weight excluding hydrogens is 265 g/mol. The molecular formula is C14H18FNO2S. The van der Waals surface area contributed by atoms with Crippen LogP contribution in [-0.4, -0.2) is 29.4 Å². The lowest BCUT2D eigenvalue weighted by molar-refractivity contribution is -0.121. The van der Waals surface area contributed by atoms with Gasteiger partial charge in [-0.25, -0.2) is 4.39 Å². The Bertz CT molecular complexity index is 437. The summed E-state index contributed by atoms with van der Waals surface area (Å²) in [5.74, 6) is 0.556. The molecule has 5 heteroatoms. The van der Waals surface area contributed by atoms with Gasteiger partial charge in [0.1, 0.15) is 5.82 Å². The SMILES string of the molecule is O=C(CCSc1ccccc1F)NCC(O)C1CC1. The minimum atomic E-state index is -0.414. The second-order valence-corrected chi connectivity index (χ2v) is 5.87. The monoisotopic (exact) mass is 283 g/mol. The Labute approximate surface area is 116 Å². The van der Waals surface area contributed by atoms with Gasteiger partial charge in [0.25, 0.3) is 0 Å². The van der Waals surface area contributed by atoms with Crippen molar-refractivity contribution in [2.75, 3.05) is 12.3 Å². The first-order valence-electron chi connectivity index (χ1n) is 6.49. The zero-order valence-electron chi connectivity index (χ0n) is 10.6. The van der Waals surface area contributed by atoms with Crippen LogP contribution in [0.15, 0.2) is 29.2 Å². The van der Waals surface area contributed by atoms with Gasteiger partial charge in [0.2, 0.25) is 5.91 Å². The fourth-order valence-corrected chi connectivity index (χ4v) is 2.66. The molecule has 0 radical (unpaired) electrons. The molecule has 1 aromatic rings. The van der Waals surface area contributed by atoms with Crippen LogP contribution in [0.2, 0.25) is 0 Å². The van der Waals surface area contributed by atoms with Crippen molar-refractivity contribution in [3.63, 3.8) is 0 Å². The highest BCUT2D eigenvalue weighted by atomic mass is 32.2. The summed E-state index contributed by atoms with van der Waals surface area (Å²) < 4.78 is 13.3. The van der Waals surface area contributed by atoms with E-state index in [2.05, 4.69) is 5.32 Å². The van der Waals surface area contributed by atoms with E-state index in [-0.39, 0.29) is 11.7 Å². The van der Waals surface area contributed by atoms with Crippen molar-refractivity contribution in [1.29, 1.82) is 0 Å². The van der Waals surface area contributed by atoms with Gasteiger partial charge < -0.3 is 10.4 Å². The van der Waals surface area contributed by atoms with Crippen LogP contribution in [-0.2, 0) is 4.79 Å². The van der Waals surface area contributed by atoms with Crippen molar-refractivity contribution in [1.82, 2.24) is 5.32 Å². The van der Waals surface area contributed by atoms with Crippen molar-refractivity contribution < 1.29 is 14.3 Å². The van der Waals surface area contributed by atoms with Gasteiger partial charge in [-0.2, -0.15) is 0 Å². The highest BCUT2D eigenvalue weighted by Gasteiger charge is 2.29. The third-order valence-corrected chi connectivity index (χ3v) is 4.15. The summed E-state index contributed by atoms with van der Waals surface area (Å²) in [6.07, 6.45) is 2.03. The predicted molar refractivity (Wildman–Crippen MR) is 73.5 cm³/mol. The molecule has 2 rings (SSSR count). The summed E-state index contributed by atoms with van der Waals surface area (Å²) >= 11 is 1.33. The number of thioether (sulfide) groups is 1. The number of carbonyl (C=O) groups is 1. The number of amides is 1. The van der Waals surface area contributed by atoms with Crippen LogP contribution in [0.25, 0.3) is 0 Å². The molecule has 104 valence electrons. The third-order valence-electron chi connectivity index (χ3n) is 3.10.